The fourth-order valence-electron chi connectivity index (χ4n) is 2.48. The molecular formula is C19H33ClN2O2. The molecule has 0 aromatic heterocycles. The molecule has 0 fully saturated rings. The van der Waals surface area contributed by atoms with Crippen LogP contribution in [0.2, 0.25) is 0 Å². The Labute approximate surface area is 152 Å². The molecule has 0 spiro atoms. The van der Waals surface area contributed by atoms with Crippen LogP contribution in [0.5, 0.6) is 0 Å². The van der Waals surface area contributed by atoms with Gasteiger partial charge in [0.2, 0.25) is 0 Å². The van der Waals surface area contributed by atoms with E-state index in [9.17, 15) is 4.79 Å². The van der Waals surface area contributed by atoms with Gasteiger partial charge in [-0.25, -0.2) is 4.79 Å². The van der Waals surface area contributed by atoms with Gasteiger partial charge < -0.3 is 28.2 Å². The summed E-state index contributed by atoms with van der Waals surface area (Å²) in [7, 11) is 0. The van der Waals surface area contributed by atoms with Gasteiger partial charge in [-0.3, -0.25) is 0 Å². The van der Waals surface area contributed by atoms with E-state index in [1.54, 1.807) is 24.3 Å². The summed E-state index contributed by atoms with van der Waals surface area (Å²) < 4.78 is 5.47. The van der Waals surface area contributed by atoms with Gasteiger partial charge in [-0.15, -0.1) is 0 Å². The van der Waals surface area contributed by atoms with Crippen molar-refractivity contribution in [3.63, 3.8) is 0 Å². The van der Waals surface area contributed by atoms with E-state index in [-0.39, 0.29) is 23.9 Å². The van der Waals surface area contributed by atoms with Crippen molar-refractivity contribution in [1.29, 1.82) is 0 Å². The fourth-order valence-corrected chi connectivity index (χ4v) is 2.48. The number of halogens is 1. The number of esters is 1. The topological polar surface area (TPSA) is 68.9 Å². The highest BCUT2D eigenvalue weighted by Crippen LogP contribution is 2.11. The molecular weight excluding hydrogens is 324 g/mol. The van der Waals surface area contributed by atoms with Gasteiger partial charge in [-0.05, 0) is 51.0 Å². The van der Waals surface area contributed by atoms with Crippen LogP contribution < -0.4 is 23.5 Å². The second-order valence-corrected chi connectivity index (χ2v) is 7.04. The predicted octanol–water partition coefficient (Wildman–Crippen LogP) is -0.0120. The van der Waals surface area contributed by atoms with E-state index in [4.69, 9.17) is 10.5 Å². The first kappa shape index (κ1) is 22.7. The van der Waals surface area contributed by atoms with Crippen LogP contribution in [0.3, 0.4) is 0 Å². The number of nitrogens with two attached hydrogens (primary N) is 2. The molecule has 0 bridgehead atoms. The van der Waals surface area contributed by atoms with Gasteiger partial charge in [0, 0.05) is 11.6 Å². The highest BCUT2D eigenvalue weighted by molar-refractivity contribution is 5.89. The molecule has 4 nitrogen and oxygen atoms in total. The van der Waals surface area contributed by atoms with Gasteiger partial charge in [0.25, 0.3) is 0 Å². The van der Waals surface area contributed by atoms with Crippen LogP contribution in [0.15, 0.2) is 24.3 Å². The molecule has 0 saturated carbocycles. The second kappa shape index (κ2) is 11.3. The smallest absolute Gasteiger partial charge is 0.338 e. The highest BCUT2D eigenvalue weighted by atomic mass is 35.5. The Kier molecular flexibility index (Phi) is 10.7. The number of hydrogen-bond donors (Lipinski definition) is 2. The summed E-state index contributed by atoms with van der Waals surface area (Å²) in [5, 5.41) is 2.31. The zero-order valence-corrected chi connectivity index (χ0v) is 16.2. The van der Waals surface area contributed by atoms with Crippen LogP contribution in [-0.2, 0) is 4.74 Å². The third-order valence-electron chi connectivity index (χ3n) is 4.27. The summed E-state index contributed by atoms with van der Waals surface area (Å²) in [6.45, 7) is 10.2. The van der Waals surface area contributed by atoms with Crippen LogP contribution >= 0.6 is 0 Å². The van der Waals surface area contributed by atoms with Crippen molar-refractivity contribution in [2.24, 2.45) is 5.92 Å². The second-order valence-electron chi connectivity index (χ2n) is 7.04. The minimum absolute atomic E-state index is 0. The Morgan fingerprint density at radius 2 is 1.88 bits per heavy atom. The van der Waals surface area contributed by atoms with Crippen molar-refractivity contribution in [2.75, 3.05) is 18.9 Å². The number of unbranched alkanes of at least 4 members (excludes halogenated alkanes) is 1. The lowest BCUT2D eigenvalue weighted by atomic mass is 9.97. The first-order valence-electron chi connectivity index (χ1n) is 8.75. The third-order valence-corrected chi connectivity index (χ3v) is 4.27. The van der Waals surface area contributed by atoms with E-state index < -0.39 is 0 Å². The summed E-state index contributed by atoms with van der Waals surface area (Å²) in [6, 6.07) is 6.83. The molecule has 0 aliphatic heterocycles. The highest BCUT2D eigenvalue weighted by Gasteiger charge is 2.25. The lowest BCUT2D eigenvalue weighted by Gasteiger charge is -2.25. The Bertz CT molecular complexity index is 475. The van der Waals surface area contributed by atoms with Crippen molar-refractivity contribution in [3.8, 4) is 0 Å². The number of hydrogen-bond acceptors (Lipinski definition) is 3. The maximum absolute atomic E-state index is 12.1. The Morgan fingerprint density at radius 3 is 2.42 bits per heavy atom. The molecule has 0 heterocycles. The molecule has 1 aromatic carbocycles. The van der Waals surface area contributed by atoms with Gasteiger partial charge in [-0.1, -0.05) is 26.7 Å². The number of nitrogen functional groups attached to an aromatic ring is 1. The van der Waals surface area contributed by atoms with Crippen LogP contribution in [0.25, 0.3) is 0 Å². The molecule has 1 rings (SSSR count). The maximum Gasteiger partial charge on any atom is 0.338 e. The summed E-state index contributed by atoms with van der Waals surface area (Å²) in [5.41, 5.74) is 6.71. The van der Waals surface area contributed by atoms with Gasteiger partial charge in [0.05, 0.1) is 12.1 Å². The standard InChI is InChI=1S/C19H32N2O2.ClH/c1-5-7-8-15(6-2)13-21-19(3,4)14-23-18(22)16-9-11-17(20)12-10-16;/h9-12,15,21H,5-8,13-14,20H2,1-4H3;1H. The van der Waals surface area contributed by atoms with Crippen molar-refractivity contribution in [3.05, 3.63) is 29.8 Å². The number of rotatable bonds is 10. The molecule has 24 heavy (non-hydrogen) atoms. The molecule has 138 valence electrons. The van der Waals surface area contributed by atoms with Crippen molar-refractivity contribution in [2.45, 2.75) is 58.9 Å². The van der Waals surface area contributed by atoms with Crippen molar-refractivity contribution in [1.82, 2.24) is 0 Å². The molecule has 0 radical (unpaired) electrons. The fraction of sp³-hybridized carbons (Fsp3) is 0.632. The van der Waals surface area contributed by atoms with E-state index in [0.29, 0.717) is 17.9 Å². The van der Waals surface area contributed by atoms with Crippen molar-refractivity contribution < 1.29 is 27.3 Å². The number of anilines is 1. The van der Waals surface area contributed by atoms with Gasteiger partial charge >= 0.3 is 5.97 Å². The normalized spacial score (nSPS) is 12.3. The lowest BCUT2D eigenvalue weighted by Crippen LogP contribution is -3.00. The van der Waals surface area contributed by atoms with Gasteiger partial charge in [0.1, 0.15) is 12.1 Å². The monoisotopic (exact) mass is 356 g/mol. The third kappa shape index (κ3) is 8.55. The molecule has 1 aromatic rings. The van der Waals surface area contributed by atoms with E-state index >= 15 is 0 Å². The summed E-state index contributed by atoms with van der Waals surface area (Å²) >= 11 is 0. The van der Waals surface area contributed by atoms with Crippen LogP contribution in [0.4, 0.5) is 5.69 Å². The Balaban J connectivity index is 0.00000529. The van der Waals surface area contributed by atoms with Crippen molar-refractivity contribution >= 4 is 11.7 Å². The first-order chi connectivity index (χ1) is 10.9. The van der Waals surface area contributed by atoms with E-state index in [1.165, 1.54) is 25.7 Å². The minimum Gasteiger partial charge on any atom is -1.00 e. The number of carbonyl (C=O) groups is 1. The zero-order valence-electron chi connectivity index (χ0n) is 15.5. The Hall–Kier alpha value is -1.26. The number of quaternary nitrogens is 1. The summed E-state index contributed by atoms with van der Waals surface area (Å²) in [6.07, 6.45) is 5.03. The quantitative estimate of drug-likeness (QED) is 0.457. The molecule has 1 unspecified atom stereocenters. The lowest BCUT2D eigenvalue weighted by molar-refractivity contribution is -0.726. The number of benzene rings is 1. The number of ether oxygens (including phenoxy) is 1. The van der Waals surface area contributed by atoms with Gasteiger partial charge in [-0.2, -0.15) is 0 Å². The van der Waals surface area contributed by atoms with E-state index in [1.807, 2.05) is 0 Å². The van der Waals surface area contributed by atoms with Crippen LogP contribution in [0.1, 0.15) is 63.7 Å². The van der Waals surface area contributed by atoms with E-state index in [0.717, 1.165) is 12.5 Å². The molecule has 0 saturated heterocycles. The summed E-state index contributed by atoms with van der Waals surface area (Å²) in [4.78, 5) is 12.1. The zero-order chi connectivity index (χ0) is 17.3. The molecule has 1 atom stereocenters. The average Bonchev–Trinajstić information content (AvgIpc) is 2.53. The summed E-state index contributed by atoms with van der Waals surface area (Å²) in [5.74, 6) is 0.450. The largest absolute Gasteiger partial charge is 1.00 e. The van der Waals surface area contributed by atoms with E-state index in [2.05, 4.69) is 33.0 Å². The molecule has 5 heteroatoms. The number of carbonyl (C=O) groups excluding carboxylic acids is 1. The van der Waals surface area contributed by atoms with Crippen LogP contribution in [-0.4, -0.2) is 24.7 Å². The Morgan fingerprint density at radius 1 is 1.25 bits per heavy atom. The van der Waals surface area contributed by atoms with Crippen LogP contribution in [0, 0.1) is 5.92 Å². The maximum atomic E-state index is 12.1. The molecule has 4 N–H and O–H groups in total. The minimum atomic E-state index is -0.288. The first-order valence-corrected chi connectivity index (χ1v) is 8.75. The predicted molar refractivity (Wildman–Crippen MR) is 95.3 cm³/mol. The average molecular weight is 357 g/mol. The van der Waals surface area contributed by atoms with Gasteiger partial charge in [0.15, 0.2) is 0 Å². The molecule has 0 aliphatic rings. The molecule has 0 amide bonds. The SMILES string of the molecule is CCCCC(CC)C[NH2+]C(C)(C)COC(=O)c1ccc(N)cc1.[Cl-]. The molecule has 0 aliphatic carbocycles.